The summed E-state index contributed by atoms with van der Waals surface area (Å²) in [4.78, 5) is 13.3. The van der Waals surface area contributed by atoms with E-state index in [1.54, 1.807) is 0 Å². The number of thiocarbonyl (C=S) groups is 1. The molecule has 2 aliphatic heterocycles. The quantitative estimate of drug-likeness (QED) is 0.788. The van der Waals surface area contributed by atoms with E-state index in [1.165, 1.54) is 0 Å². The average molecular weight is 280 g/mol. The number of hydrogen-bond acceptors (Lipinski definition) is 4. The first-order valence-corrected chi connectivity index (χ1v) is 6.96. The lowest BCUT2D eigenvalue weighted by molar-refractivity contribution is 0.0979. The summed E-state index contributed by atoms with van der Waals surface area (Å²) >= 11 is 5.54. The molecule has 2 aliphatic rings. The number of carbonyl (C=O) groups is 1. The van der Waals surface area contributed by atoms with E-state index in [0.29, 0.717) is 0 Å². The van der Waals surface area contributed by atoms with Crippen LogP contribution in [0.3, 0.4) is 0 Å². The second-order valence-electron chi connectivity index (χ2n) is 5.06. The van der Waals surface area contributed by atoms with Crippen LogP contribution < -0.4 is 10.6 Å². The van der Waals surface area contributed by atoms with E-state index in [4.69, 9.17) is 12.2 Å². The maximum atomic E-state index is 12.5. The molecule has 2 aromatic carbocycles. The molecule has 3 nitrogen and oxygen atoms in total. The Kier molecular flexibility index (Phi) is 2.41. The van der Waals surface area contributed by atoms with Crippen LogP contribution in [-0.4, -0.2) is 22.7 Å². The van der Waals surface area contributed by atoms with Crippen molar-refractivity contribution in [1.82, 2.24) is 0 Å². The van der Waals surface area contributed by atoms with Crippen LogP contribution >= 0.6 is 12.2 Å². The smallest absolute Gasteiger partial charge is 0.189 e. The van der Waals surface area contributed by atoms with Crippen LogP contribution in [0.15, 0.2) is 48.5 Å². The van der Waals surface area contributed by atoms with Crippen molar-refractivity contribution in [3.8, 4) is 0 Å². The van der Waals surface area contributed by atoms with Gasteiger partial charge in [-0.2, -0.15) is 0 Å². The van der Waals surface area contributed by atoms with Crippen molar-refractivity contribution in [2.75, 3.05) is 10.6 Å². The van der Waals surface area contributed by atoms with Gasteiger partial charge in [0.05, 0.1) is 6.04 Å². The minimum atomic E-state index is -0.327. The van der Waals surface area contributed by atoms with Crippen LogP contribution in [0.2, 0.25) is 0 Å². The predicted molar refractivity (Wildman–Crippen MR) is 83.7 cm³/mol. The van der Waals surface area contributed by atoms with Gasteiger partial charge in [-0.05, 0) is 18.2 Å². The SMILES string of the molecule is O=C1c2ccccc2NC1C1Nc2ccccc2C1=S. The molecule has 0 spiro atoms. The Morgan fingerprint density at radius 2 is 1.35 bits per heavy atom. The summed E-state index contributed by atoms with van der Waals surface area (Å²) in [5.74, 6) is 0.105. The Bertz CT molecular complexity index is 677. The Hall–Kier alpha value is -2.20. The number of fused-ring (bicyclic) bond motifs is 2. The summed E-state index contributed by atoms with van der Waals surface area (Å²) in [6, 6.07) is 15.0. The molecule has 20 heavy (non-hydrogen) atoms. The number of carbonyl (C=O) groups excluding carboxylic acids is 1. The maximum Gasteiger partial charge on any atom is 0.189 e. The first-order valence-electron chi connectivity index (χ1n) is 6.55. The van der Waals surface area contributed by atoms with E-state index in [9.17, 15) is 4.79 Å². The first kappa shape index (κ1) is 11.6. The molecule has 0 saturated carbocycles. The molecule has 0 amide bonds. The molecule has 0 fully saturated rings. The standard InChI is InChI=1S/C16H12N2OS/c19-15-9-5-1-3-7-11(9)17-13(15)14-16(20)10-6-2-4-8-12(10)18-14/h1-8,13-14,17-18H. The third kappa shape index (κ3) is 1.51. The molecular formula is C16H12N2OS. The van der Waals surface area contributed by atoms with Crippen molar-refractivity contribution in [1.29, 1.82) is 0 Å². The van der Waals surface area contributed by atoms with Gasteiger partial charge in [0.15, 0.2) is 5.78 Å². The third-order valence-electron chi connectivity index (χ3n) is 3.91. The summed E-state index contributed by atoms with van der Waals surface area (Å²) in [6.07, 6.45) is 0. The summed E-state index contributed by atoms with van der Waals surface area (Å²) in [5, 5.41) is 6.66. The van der Waals surface area contributed by atoms with Gasteiger partial charge in [-0.3, -0.25) is 4.79 Å². The lowest BCUT2D eigenvalue weighted by Crippen LogP contribution is -2.43. The van der Waals surface area contributed by atoms with Gasteiger partial charge < -0.3 is 10.6 Å². The zero-order valence-corrected chi connectivity index (χ0v) is 11.4. The van der Waals surface area contributed by atoms with E-state index in [1.807, 2.05) is 48.5 Å². The second-order valence-corrected chi connectivity index (χ2v) is 5.50. The highest BCUT2D eigenvalue weighted by molar-refractivity contribution is 7.81. The van der Waals surface area contributed by atoms with Crippen molar-refractivity contribution in [3.05, 3.63) is 59.7 Å². The molecule has 4 heteroatoms. The van der Waals surface area contributed by atoms with E-state index in [-0.39, 0.29) is 17.9 Å². The largest absolute Gasteiger partial charge is 0.374 e. The van der Waals surface area contributed by atoms with Crippen LogP contribution in [0.5, 0.6) is 0 Å². The molecule has 0 aromatic heterocycles. The fourth-order valence-corrected chi connectivity index (χ4v) is 3.29. The molecule has 2 heterocycles. The molecule has 0 saturated heterocycles. The number of Topliss-reactive ketones (excluding diaryl/α,β-unsaturated/α-hetero) is 1. The van der Waals surface area contributed by atoms with Crippen LogP contribution in [0.4, 0.5) is 11.4 Å². The number of hydrogen-bond donors (Lipinski definition) is 2. The fraction of sp³-hybridized carbons (Fsp3) is 0.125. The van der Waals surface area contributed by atoms with E-state index < -0.39 is 0 Å². The molecule has 0 radical (unpaired) electrons. The van der Waals surface area contributed by atoms with Gasteiger partial charge >= 0.3 is 0 Å². The van der Waals surface area contributed by atoms with Crippen LogP contribution in [0.25, 0.3) is 0 Å². The summed E-state index contributed by atoms with van der Waals surface area (Å²) < 4.78 is 0. The number of ketones is 1. The number of anilines is 2. The Labute approximate surface area is 122 Å². The Morgan fingerprint density at radius 1 is 0.800 bits per heavy atom. The molecule has 98 valence electrons. The second kappa shape index (κ2) is 4.15. The highest BCUT2D eigenvalue weighted by atomic mass is 32.1. The highest BCUT2D eigenvalue weighted by Crippen LogP contribution is 2.33. The highest BCUT2D eigenvalue weighted by Gasteiger charge is 2.41. The van der Waals surface area contributed by atoms with Crippen LogP contribution in [-0.2, 0) is 0 Å². The molecular weight excluding hydrogens is 268 g/mol. The minimum Gasteiger partial charge on any atom is -0.374 e. The molecule has 0 bridgehead atoms. The predicted octanol–water partition coefficient (Wildman–Crippen LogP) is 2.88. The van der Waals surface area contributed by atoms with Crippen LogP contribution in [0.1, 0.15) is 15.9 Å². The van der Waals surface area contributed by atoms with E-state index in [2.05, 4.69) is 10.6 Å². The van der Waals surface area contributed by atoms with Crippen molar-refractivity contribution in [2.45, 2.75) is 12.1 Å². The van der Waals surface area contributed by atoms with E-state index >= 15 is 0 Å². The fourth-order valence-electron chi connectivity index (χ4n) is 2.92. The zero-order valence-electron chi connectivity index (χ0n) is 10.6. The van der Waals surface area contributed by atoms with Gasteiger partial charge in [0, 0.05) is 27.4 Å². The van der Waals surface area contributed by atoms with Crippen molar-refractivity contribution < 1.29 is 4.79 Å². The lowest BCUT2D eigenvalue weighted by atomic mass is 9.99. The number of para-hydroxylation sites is 2. The molecule has 2 N–H and O–H groups in total. The summed E-state index contributed by atoms with van der Waals surface area (Å²) in [7, 11) is 0. The molecule has 2 unspecified atom stereocenters. The Morgan fingerprint density at radius 3 is 2.00 bits per heavy atom. The average Bonchev–Trinajstić information content (AvgIpc) is 2.98. The van der Waals surface area contributed by atoms with Gasteiger partial charge in [0.1, 0.15) is 6.04 Å². The molecule has 2 aromatic rings. The number of benzene rings is 2. The topological polar surface area (TPSA) is 41.1 Å². The molecule has 4 rings (SSSR count). The number of nitrogens with one attached hydrogen (secondary N) is 2. The van der Waals surface area contributed by atoms with Crippen LogP contribution in [0, 0.1) is 0 Å². The maximum absolute atomic E-state index is 12.5. The summed E-state index contributed by atoms with van der Waals surface area (Å²) in [6.45, 7) is 0. The van der Waals surface area contributed by atoms with Gasteiger partial charge in [-0.1, -0.05) is 42.5 Å². The third-order valence-corrected chi connectivity index (χ3v) is 4.38. The van der Waals surface area contributed by atoms with Crippen molar-refractivity contribution >= 4 is 34.2 Å². The van der Waals surface area contributed by atoms with Gasteiger partial charge in [0.2, 0.25) is 0 Å². The molecule has 2 atom stereocenters. The summed E-state index contributed by atoms with van der Waals surface area (Å²) in [5.41, 5.74) is 3.67. The zero-order chi connectivity index (χ0) is 13.7. The van der Waals surface area contributed by atoms with Crippen molar-refractivity contribution in [2.24, 2.45) is 0 Å². The Balaban J connectivity index is 1.69. The lowest BCUT2D eigenvalue weighted by Gasteiger charge is -2.19. The van der Waals surface area contributed by atoms with Gasteiger partial charge in [-0.25, -0.2) is 0 Å². The monoisotopic (exact) mass is 280 g/mol. The van der Waals surface area contributed by atoms with Gasteiger partial charge in [0.25, 0.3) is 0 Å². The van der Waals surface area contributed by atoms with E-state index in [0.717, 1.165) is 27.4 Å². The normalized spacial score (nSPS) is 23.0. The van der Waals surface area contributed by atoms with Crippen molar-refractivity contribution in [3.63, 3.8) is 0 Å². The number of rotatable bonds is 1. The van der Waals surface area contributed by atoms with Gasteiger partial charge in [-0.15, -0.1) is 0 Å². The first-order chi connectivity index (χ1) is 9.75. The minimum absolute atomic E-state index is 0.105. The molecule has 0 aliphatic carbocycles.